The molecule has 0 unspecified atom stereocenters. The predicted molar refractivity (Wildman–Crippen MR) is 69.1 cm³/mol. The Morgan fingerprint density at radius 3 is 2.71 bits per heavy atom. The number of nitrogens with zero attached hydrogens (tertiary/aromatic N) is 3. The van der Waals surface area contributed by atoms with Gasteiger partial charge in [0.1, 0.15) is 25.3 Å². The van der Waals surface area contributed by atoms with E-state index in [0.717, 1.165) is 6.07 Å². The number of ether oxygens (including phenoxy) is 1. The summed E-state index contributed by atoms with van der Waals surface area (Å²) in [4.78, 5) is 26.1. The highest BCUT2D eigenvalue weighted by atomic mass is 19.1. The van der Waals surface area contributed by atoms with Gasteiger partial charge in [0, 0.05) is 11.1 Å². The van der Waals surface area contributed by atoms with Gasteiger partial charge >= 0.3 is 5.97 Å². The summed E-state index contributed by atoms with van der Waals surface area (Å²) in [6.07, 6.45) is 1.28. The van der Waals surface area contributed by atoms with Crippen molar-refractivity contribution >= 4 is 17.8 Å². The van der Waals surface area contributed by atoms with Crippen molar-refractivity contribution < 1.29 is 18.7 Å². The van der Waals surface area contributed by atoms with E-state index in [1.165, 1.54) is 23.1 Å². The number of aromatic nitrogens is 3. The van der Waals surface area contributed by atoms with Gasteiger partial charge in [-0.05, 0) is 12.1 Å². The van der Waals surface area contributed by atoms with Gasteiger partial charge < -0.3 is 16.2 Å². The molecule has 4 N–H and O–H groups in total. The minimum absolute atomic E-state index is 0.0379. The summed E-state index contributed by atoms with van der Waals surface area (Å²) < 4.78 is 19.7. The second-order valence-electron chi connectivity index (χ2n) is 4.13. The van der Waals surface area contributed by atoms with Gasteiger partial charge in [0.2, 0.25) is 11.9 Å². The first kappa shape index (κ1) is 14.4. The summed E-state index contributed by atoms with van der Waals surface area (Å²) in [6.45, 7) is -0.459. The number of anilines is 1. The second kappa shape index (κ2) is 5.99. The molecule has 0 spiro atoms. The standard InChI is InChI=1S/C12H12FN5O3/c13-9-3-7(11(14)20)1-2-8(9)5-21-10(19)4-18-6-16-12(15)17-18/h1-3,6H,4-5H2,(H2,14,20)(H2,15,17). The van der Waals surface area contributed by atoms with Crippen LogP contribution in [0.2, 0.25) is 0 Å². The number of halogens is 1. The average molecular weight is 293 g/mol. The number of primary amides is 1. The van der Waals surface area contributed by atoms with Crippen LogP contribution in [0.5, 0.6) is 0 Å². The first-order valence-corrected chi connectivity index (χ1v) is 5.84. The number of hydrogen-bond donors (Lipinski definition) is 2. The molecule has 21 heavy (non-hydrogen) atoms. The highest BCUT2D eigenvalue weighted by molar-refractivity contribution is 5.92. The molecule has 0 saturated carbocycles. The molecule has 1 aromatic heterocycles. The van der Waals surface area contributed by atoms with Crippen molar-refractivity contribution in [2.45, 2.75) is 13.2 Å². The molecule has 1 heterocycles. The molecule has 1 amide bonds. The van der Waals surface area contributed by atoms with Crippen molar-refractivity contribution in [2.24, 2.45) is 5.73 Å². The number of benzene rings is 1. The van der Waals surface area contributed by atoms with E-state index >= 15 is 0 Å². The lowest BCUT2D eigenvalue weighted by atomic mass is 10.1. The molecule has 110 valence electrons. The predicted octanol–water partition coefficient (Wildman–Crippen LogP) is -0.158. The summed E-state index contributed by atoms with van der Waals surface area (Å²) in [5.41, 5.74) is 10.5. The first-order chi connectivity index (χ1) is 9.95. The zero-order valence-corrected chi connectivity index (χ0v) is 10.8. The normalized spacial score (nSPS) is 10.3. The van der Waals surface area contributed by atoms with Crippen molar-refractivity contribution in [3.05, 3.63) is 41.5 Å². The fourth-order valence-electron chi connectivity index (χ4n) is 1.54. The maximum Gasteiger partial charge on any atom is 0.328 e. The van der Waals surface area contributed by atoms with E-state index in [1.54, 1.807) is 0 Å². The molecule has 0 bridgehead atoms. The minimum atomic E-state index is -0.735. The number of nitrogens with two attached hydrogens (primary N) is 2. The van der Waals surface area contributed by atoms with Crippen LogP contribution in [0.1, 0.15) is 15.9 Å². The third-order valence-electron chi connectivity index (χ3n) is 2.57. The maximum atomic E-state index is 13.6. The topological polar surface area (TPSA) is 126 Å². The maximum absolute atomic E-state index is 13.6. The van der Waals surface area contributed by atoms with Crippen LogP contribution in [-0.4, -0.2) is 26.6 Å². The molecular weight excluding hydrogens is 281 g/mol. The third-order valence-corrected chi connectivity index (χ3v) is 2.57. The lowest BCUT2D eigenvalue weighted by molar-refractivity contribution is -0.145. The molecule has 8 nitrogen and oxygen atoms in total. The van der Waals surface area contributed by atoms with E-state index in [-0.39, 0.29) is 30.2 Å². The number of hydrogen-bond acceptors (Lipinski definition) is 6. The molecular formula is C12H12FN5O3. The smallest absolute Gasteiger partial charge is 0.328 e. The SMILES string of the molecule is NC(=O)c1ccc(COC(=O)Cn2cnc(N)n2)c(F)c1. The Morgan fingerprint density at radius 2 is 2.14 bits per heavy atom. The molecule has 2 aromatic rings. The van der Waals surface area contributed by atoms with E-state index < -0.39 is 17.7 Å². The van der Waals surface area contributed by atoms with Gasteiger partial charge in [-0.2, -0.15) is 0 Å². The Kier molecular flexibility index (Phi) is 4.12. The largest absolute Gasteiger partial charge is 0.459 e. The fraction of sp³-hybridized carbons (Fsp3) is 0.167. The van der Waals surface area contributed by atoms with Crippen LogP contribution < -0.4 is 11.5 Å². The Balaban J connectivity index is 1.93. The Hall–Kier alpha value is -2.97. The molecule has 0 radical (unpaired) electrons. The molecule has 0 atom stereocenters. The minimum Gasteiger partial charge on any atom is -0.459 e. The van der Waals surface area contributed by atoms with Crippen LogP contribution >= 0.6 is 0 Å². The van der Waals surface area contributed by atoms with Crippen LogP contribution in [0, 0.1) is 5.82 Å². The van der Waals surface area contributed by atoms with Crippen molar-refractivity contribution in [1.29, 1.82) is 0 Å². The van der Waals surface area contributed by atoms with Crippen LogP contribution in [0.4, 0.5) is 10.3 Å². The summed E-state index contributed by atoms with van der Waals surface area (Å²) in [5, 5.41) is 3.71. The molecule has 1 aromatic carbocycles. The first-order valence-electron chi connectivity index (χ1n) is 5.84. The second-order valence-corrected chi connectivity index (χ2v) is 4.13. The summed E-state index contributed by atoms with van der Waals surface area (Å²) in [6, 6.07) is 3.67. The van der Waals surface area contributed by atoms with Gasteiger partial charge in [-0.3, -0.25) is 9.59 Å². The monoisotopic (exact) mass is 293 g/mol. The lowest BCUT2D eigenvalue weighted by Gasteiger charge is -2.06. The van der Waals surface area contributed by atoms with Crippen molar-refractivity contribution in [2.75, 3.05) is 5.73 Å². The number of esters is 1. The number of amides is 1. The van der Waals surface area contributed by atoms with Crippen molar-refractivity contribution in [3.8, 4) is 0 Å². The van der Waals surface area contributed by atoms with E-state index in [2.05, 4.69) is 10.1 Å². The van der Waals surface area contributed by atoms with Gasteiger partial charge in [0.05, 0.1) is 0 Å². The van der Waals surface area contributed by atoms with Crippen LogP contribution in [0.25, 0.3) is 0 Å². The van der Waals surface area contributed by atoms with Crippen LogP contribution in [-0.2, 0) is 22.7 Å². The summed E-state index contributed by atoms with van der Waals surface area (Å²) in [7, 11) is 0. The van der Waals surface area contributed by atoms with Gasteiger partial charge in [0.15, 0.2) is 0 Å². The average Bonchev–Trinajstić information content (AvgIpc) is 2.82. The number of rotatable bonds is 5. The number of carbonyl (C=O) groups excluding carboxylic acids is 2. The Labute approximate surface area is 118 Å². The quantitative estimate of drug-likeness (QED) is 0.738. The summed E-state index contributed by atoms with van der Waals surface area (Å²) >= 11 is 0. The van der Waals surface area contributed by atoms with Crippen molar-refractivity contribution in [3.63, 3.8) is 0 Å². The Morgan fingerprint density at radius 1 is 1.38 bits per heavy atom. The molecule has 0 aliphatic carbocycles. The van der Waals surface area contributed by atoms with E-state index in [0.29, 0.717) is 0 Å². The molecule has 2 rings (SSSR count). The number of nitrogen functional groups attached to an aromatic ring is 1. The zero-order valence-electron chi connectivity index (χ0n) is 10.8. The van der Waals surface area contributed by atoms with E-state index in [1.807, 2.05) is 0 Å². The van der Waals surface area contributed by atoms with Gasteiger partial charge in [-0.25, -0.2) is 14.1 Å². The lowest BCUT2D eigenvalue weighted by Crippen LogP contribution is -2.15. The molecule has 0 aliphatic heterocycles. The third kappa shape index (κ3) is 3.75. The van der Waals surface area contributed by atoms with Crippen LogP contribution in [0.3, 0.4) is 0 Å². The molecule has 9 heteroatoms. The van der Waals surface area contributed by atoms with E-state index in [4.69, 9.17) is 16.2 Å². The van der Waals surface area contributed by atoms with Gasteiger partial charge in [0.25, 0.3) is 0 Å². The van der Waals surface area contributed by atoms with Crippen molar-refractivity contribution in [1.82, 2.24) is 14.8 Å². The van der Waals surface area contributed by atoms with Crippen LogP contribution in [0.15, 0.2) is 24.5 Å². The highest BCUT2D eigenvalue weighted by Crippen LogP contribution is 2.11. The number of carbonyl (C=O) groups is 2. The molecule has 0 aliphatic rings. The fourth-order valence-corrected chi connectivity index (χ4v) is 1.54. The molecule has 0 fully saturated rings. The van der Waals surface area contributed by atoms with Gasteiger partial charge in [-0.15, -0.1) is 5.10 Å². The Bertz CT molecular complexity index is 685. The summed E-state index contributed by atoms with van der Waals surface area (Å²) in [5.74, 6) is -2.00. The highest BCUT2D eigenvalue weighted by Gasteiger charge is 2.10. The van der Waals surface area contributed by atoms with Gasteiger partial charge in [-0.1, -0.05) is 6.07 Å². The molecule has 0 saturated heterocycles. The van der Waals surface area contributed by atoms with E-state index in [9.17, 15) is 14.0 Å². The zero-order chi connectivity index (χ0) is 15.4.